The number of hydrogen-bond donors (Lipinski definition) is 2. The maximum Gasteiger partial charge on any atom is 0.243 e. The minimum absolute atomic E-state index is 0.0571. The lowest BCUT2D eigenvalue weighted by Gasteiger charge is -2.40. The Morgan fingerprint density at radius 3 is 2.49 bits per heavy atom. The van der Waals surface area contributed by atoms with Gasteiger partial charge >= 0.3 is 0 Å². The van der Waals surface area contributed by atoms with Crippen LogP contribution < -0.4 is 15.8 Å². The molecule has 0 saturated carbocycles. The highest BCUT2D eigenvalue weighted by Crippen LogP contribution is 2.32. The monoisotopic (exact) mass is 565 g/mol. The molecule has 8 nitrogen and oxygen atoms in total. The highest BCUT2D eigenvalue weighted by atomic mass is 16.5. The number of nitrogens with two attached hydrogens (primary N) is 1. The molecule has 1 aliphatic carbocycles. The first-order valence-corrected chi connectivity index (χ1v) is 15.0. The first-order valence-electron chi connectivity index (χ1n) is 15.0. The van der Waals surface area contributed by atoms with Crippen molar-refractivity contribution in [2.45, 2.75) is 84.5 Å². The summed E-state index contributed by atoms with van der Waals surface area (Å²) < 4.78 is 16.9. The van der Waals surface area contributed by atoms with Crippen molar-refractivity contribution < 1.29 is 23.8 Å². The standard InChI is InChI=1S/C33H47N3O5/c1-5-15-39-16-17-40-18-19-41-26-14-13-24-21-29(36(22-25(24)20-26)32(38)30(34)33(2,3)4)31(37)35-28-12-8-10-23-9-6-7-11-27(23)28/h6-7,9,11,13-14,20,28-30H,5,8,10,12,15-19,21-22,34H2,1-4H3,(H,35,37)/t28-,29+,30-/m1/s1. The van der Waals surface area contributed by atoms with E-state index in [4.69, 9.17) is 19.9 Å². The molecule has 224 valence electrons. The van der Waals surface area contributed by atoms with Crippen molar-refractivity contribution in [3.8, 4) is 5.75 Å². The maximum atomic E-state index is 13.8. The minimum atomic E-state index is -0.729. The number of carbonyl (C=O) groups excluding carboxylic acids is 2. The van der Waals surface area contributed by atoms with Crippen LogP contribution in [-0.4, -0.2) is 61.8 Å². The Hall–Kier alpha value is -2.94. The van der Waals surface area contributed by atoms with Gasteiger partial charge in [0.1, 0.15) is 18.4 Å². The Balaban J connectivity index is 1.46. The SMILES string of the molecule is CCCOCCOCCOc1ccc2c(c1)CN(C(=O)[C@@H](N)C(C)(C)C)[C@H](C(=O)N[C@@H]1CCCc3ccccc31)C2. The quantitative estimate of drug-likeness (QED) is 0.372. The van der Waals surface area contributed by atoms with Gasteiger partial charge in [-0.3, -0.25) is 9.59 Å². The Morgan fingerprint density at radius 2 is 1.73 bits per heavy atom. The first kappa shape index (κ1) is 31.0. The molecule has 0 fully saturated rings. The zero-order valence-corrected chi connectivity index (χ0v) is 25.1. The van der Waals surface area contributed by atoms with Crippen LogP contribution in [0.2, 0.25) is 0 Å². The third-order valence-electron chi connectivity index (χ3n) is 8.00. The van der Waals surface area contributed by atoms with E-state index in [0.29, 0.717) is 45.1 Å². The van der Waals surface area contributed by atoms with Crippen molar-refractivity contribution in [2.75, 3.05) is 33.0 Å². The maximum absolute atomic E-state index is 13.8. The highest BCUT2D eigenvalue weighted by molar-refractivity contribution is 5.91. The lowest BCUT2D eigenvalue weighted by Crippen LogP contribution is -2.59. The second-order valence-corrected chi connectivity index (χ2v) is 12.2. The molecule has 0 unspecified atom stereocenters. The van der Waals surface area contributed by atoms with Crippen LogP contribution in [-0.2, 0) is 38.4 Å². The van der Waals surface area contributed by atoms with E-state index < -0.39 is 17.5 Å². The zero-order valence-electron chi connectivity index (χ0n) is 25.1. The van der Waals surface area contributed by atoms with Crippen LogP contribution in [0.3, 0.4) is 0 Å². The molecule has 41 heavy (non-hydrogen) atoms. The Morgan fingerprint density at radius 1 is 1.00 bits per heavy atom. The zero-order chi connectivity index (χ0) is 29.4. The summed E-state index contributed by atoms with van der Waals surface area (Å²) >= 11 is 0. The lowest BCUT2D eigenvalue weighted by molar-refractivity contribution is -0.145. The molecule has 3 atom stereocenters. The van der Waals surface area contributed by atoms with Gasteiger partial charge in [-0.05, 0) is 65.5 Å². The molecule has 1 heterocycles. The van der Waals surface area contributed by atoms with E-state index in [2.05, 4.69) is 24.4 Å². The van der Waals surface area contributed by atoms with Crippen LogP contribution in [0.25, 0.3) is 0 Å². The van der Waals surface area contributed by atoms with Gasteiger partial charge in [-0.1, -0.05) is 58.0 Å². The molecule has 0 saturated heterocycles. The normalized spacial score (nSPS) is 19.2. The smallest absolute Gasteiger partial charge is 0.243 e. The largest absolute Gasteiger partial charge is 0.491 e. The van der Waals surface area contributed by atoms with Gasteiger partial charge in [0.2, 0.25) is 11.8 Å². The number of rotatable bonds is 12. The van der Waals surface area contributed by atoms with Crippen molar-refractivity contribution in [1.29, 1.82) is 0 Å². The second-order valence-electron chi connectivity index (χ2n) is 12.2. The Kier molecular flexibility index (Phi) is 10.8. The summed E-state index contributed by atoms with van der Waals surface area (Å²) in [5, 5.41) is 3.28. The lowest BCUT2D eigenvalue weighted by atomic mass is 9.84. The molecule has 0 spiro atoms. The molecule has 0 aromatic heterocycles. The van der Waals surface area contributed by atoms with Crippen molar-refractivity contribution in [1.82, 2.24) is 10.2 Å². The van der Waals surface area contributed by atoms with Crippen LogP contribution in [0.4, 0.5) is 0 Å². The van der Waals surface area contributed by atoms with Gasteiger partial charge in [-0.25, -0.2) is 0 Å². The summed E-state index contributed by atoms with van der Waals surface area (Å²) in [7, 11) is 0. The Labute approximate surface area is 244 Å². The molecule has 2 aliphatic rings. The van der Waals surface area contributed by atoms with Gasteiger partial charge in [0.25, 0.3) is 0 Å². The molecule has 2 aromatic rings. The van der Waals surface area contributed by atoms with Crippen LogP contribution in [0.1, 0.15) is 75.3 Å². The predicted octanol–water partition coefficient (Wildman–Crippen LogP) is 4.33. The molecule has 8 heteroatoms. The van der Waals surface area contributed by atoms with Gasteiger partial charge in [0.05, 0.1) is 31.9 Å². The van der Waals surface area contributed by atoms with Crippen molar-refractivity contribution in [3.63, 3.8) is 0 Å². The van der Waals surface area contributed by atoms with Crippen LogP contribution in [0.5, 0.6) is 5.75 Å². The van der Waals surface area contributed by atoms with Gasteiger partial charge in [-0.2, -0.15) is 0 Å². The minimum Gasteiger partial charge on any atom is -0.491 e. The second kappa shape index (κ2) is 14.3. The summed E-state index contributed by atoms with van der Waals surface area (Å²) in [4.78, 5) is 29.3. The van der Waals surface area contributed by atoms with Crippen molar-refractivity contribution >= 4 is 11.8 Å². The summed E-state index contributed by atoms with van der Waals surface area (Å²) in [5.74, 6) is 0.369. The molecule has 2 amide bonds. The number of nitrogens with zero attached hydrogens (tertiary/aromatic N) is 1. The van der Waals surface area contributed by atoms with E-state index in [1.165, 1.54) is 11.1 Å². The number of fused-ring (bicyclic) bond motifs is 2. The number of carbonyl (C=O) groups is 2. The number of hydrogen-bond acceptors (Lipinski definition) is 6. The van der Waals surface area contributed by atoms with Crippen molar-refractivity contribution in [3.05, 3.63) is 64.7 Å². The van der Waals surface area contributed by atoms with Crippen LogP contribution >= 0.6 is 0 Å². The van der Waals surface area contributed by atoms with Gasteiger partial charge in [0, 0.05) is 19.6 Å². The Bertz CT molecular complexity index is 1180. The molecule has 0 radical (unpaired) electrons. The topological polar surface area (TPSA) is 103 Å². The molecular formula is C33H47N3O5. The molecule has 2 aromatic carbocycles. The predicted molar refractivity (Wildman–Crippen MR) is 160 cm³/mol. The molecular weight excluding hydrogens is 518 g/mol. The van der Waals surface area contributed by atoms with Crippen LogP contribution in [0, 0.1) is 5.41 Å². The third kappa shape index (κ3) is 8.09. The first-order chi connectivity index (χ1) is 19.7. The third-order valence-corrected chi connectivity index (χ3v) is 8.00. The van der Waals surface area contributed by atoms with E-state index >= 15 is 0 Å². The van der Waals surface area contributed by atoms with Crippen LogP contribution in [0.15, 0.2) is 42.5 Å². The highest BCUT2D eigenvalue weighted by Gasteiger charge is 2.40. The molecule has 1 aliphatic heterocycles. The fraction of sp³-hybridized carbons (Fsp3) is 0.576. The fourth-order valence-electron chi connectivity index (χ4n) is 5.52. The van der Waals surface area contributed by atoms with E-state index in [1.54, 1.807) is 4.90 Å². The molecule has 4 rings (SSSR count). The summed E-state index contributed by atoms with van der Waals surface area (Å²) in [6.07, 6.45) is 4.35. The number of amides is 2. The summed E-state index contributed by atoms with van der Waals surface area (Å²) in [5.41, 5.74) is 10.5. The number of ether oxygens (including phenoxy) is 3. The number of aryl methyl sites for hydroxylation is 1. The van der Waals surface area contributed by atoms with Gasteiger partial charge in [-0.15, -0.1) is 0 Å². The number of benzene rings is 2. The average Bonchev–Trinajstić information content (AvgIpc) is 2.96. The van der Waals surface area contributed by atoms with E-state index in [0.717, 1.165) is 43.4 Å². The summed E-state index contributed by atoms with van der Waals surface area (Å²) in [6.45, 7) is 11.0. The van der Waals surface area contributed by atoms with Gasteiger partial charge < -0.3 is 30.2 Å². The van der Waals surface area contributed by atoms with Gasteiger partial charge in [0.15, 0.2) is 0 Å². The van der Waals surface area contributed by atoms with Crippen molar-refractivity contribution in [2.24, 2.45) is 11.1 Å². The summed E-state index contributed by atoms with van der Waals surface area (Å²) in [6, 6.07) is 12.8. The molecule has 3 N–H and O–H groups in total. The van der Waals surface area contributed by atoms with E-state index in [1.807, 2.05) is 51.1 Å². The van der Waals surface area contributed by atoms with E-state index in [-0.39, 0.29) is 17.9 Å². The fourth-order valence-corrected chi connectivity index (χ4v) is 5.52. The average molecular weight is 566 g/mol. The molecule has 0 bridgehead atoms. The number of nitrogens with one attached hydrogen (secondary N) is 1. The van der Waals surface area contributed by atoms with E-state index in [9.17, 15) is 9.59 Å².